The normalized spacial score (nSPS) is 11.8. The van der Waals surface area contributed by atoms with Gasteiger partial charge in [-0.15, -0.1) is 11.3 Å². The highest BCUT2D eigenvalue weighted by Crippen LogP contribution is 2.24. The second-order valence-electron chi connectivity index (χ2n) is 4.59. The zero-order chi connectivity index (χ0) is 14.6. The highest BCUT2D eigenvalue weighted by molar-refractivity contribution is 7.93. The first-order valence-electron chi connectivity index (χ1n) is 6.21. The molecule has 0 spiro atoms. The number of nitrogens with one attached hydrogen (secondary N) is 2. The van der Waals surface area contributed by atoms with Crippen LogP contribution in [0.4, 0.5) is 5.69 Å². The van der Waals surface area contributed by atoms with Crippen molar-refractivity contribution in [2.24, 2.45) is 0 Å². The Hall–Kier alpha value is -1.44. The fourth-order valence-electron chi connectivity index (χ4n) is 1.62. The lowest BCUT2D eigenvalue weighted by Gasteiger charge is -2.10. The molecule has 7 heteroatoms. The van der Waals surface area contributed by atoms with E-state index >= 15 is 0 Å². The lowest BCUT2D eigenvalue weighted by molar-refractivity contribution is 0.581. The van der Waals surface area contributed by atoms with Crippen LogP contribution in [0.15, 0.2) is 40.9 Å². The van der Waals surface area contributed by atoms with Gasteiger partial charge in [0.1, 0.15) is 4.90 Å². The Balaban J connectivity index is 2.20. The van der Waals surface area contributed by atoms with Crippen molar-refractivity contribution >= 4 is 27.0 Å². The van der Waals surface area contributed by atoms with Crippen molar-refractivity contribution in [3.8, 4) is 0 Å². The van der Waals surface area contributed by atoms with Crippen molar-refractivity contribution in [2.75, 3.05) is 4.72 Å². The molecule has 108 valence electrons. The first kappa shape index (κ1) is 15.0. The van der Waals surface area contributed by atoms with Gasteiger partial charge in [0.25, 0.3) is 10.0 Å². The van der Waals surface area contributed by atoms with Crippen molar-refractivity contribution in [2.45, 2.75) is 31.3 Å². The van der Waals surface area contributed by atoms with E-state index in [2.05, 4.69) is 15.0 Å². The van der Waals surface area contributed by atoms with Crippen molar-refractivity contribution in [3.05, 3.63) is 40.8 Å². The van der Waals surface area contributed by atoms with E-state index < -0.39 is 10.0 Å². The summed E-state index contributed by atoms with van der Waals surface area (Å²) in [4.78, 5) is 4.99. The van der Waals surface area contributed by atoms with E-state index in [0.717, 1.165) is 4.88 Å². The van der Waals surface area contributed by atoms with Gasteiger partial charge < -0.3 is 5.32 Å². The highest BCUT2D eigenvalue weighted by atomic mass is 32.2. The molecular weight excluding hydrogens is 294 g/mol. The average Bonchev–Trinajstić information content (AvgIpc) is 2.86. The summed E-state index contributed by atoms with van der Waals surface area (Å²) >= 11 is 1.43. The molecule has 0 aliphatic heterocycles. The molecule has 2 aromatic heterocycles. The molecule has 2 N–H and O–H groups in total. The van der Waals surface area contributed by atoms with Gasteiger partial charge in [-0.05, 0) is 23.6 Å². The maximum atomic E-state index is 12.4. The lowest BCUT2D eigenvalue weighted by atomic mass is 10.4. The Labute approximate surface area is 123 Å². The van der Waals surface area contributed by atoms with E-state index in [-0.39, 0.29) is 0 Å². The molecule has 20 heavy (non-hydrogen) atoms. The molecule has 0 aliphatic carbocycles. The van der Waals surface area contributed by atoms with Crippen LogP contribution in [0.2, 0.25) is 0 Å². The van der Waals surface area contributed by atoms with E-state index in [1.165, 1.54) is 11.3 Å². The number of pyridine rings is 1. The molecule has 0 aliphatic rings. The Morgan fingerprint density at radius 3 is 2.60 bits per heavy atom. The van der Waals surface area contributed by atoms with Gasteiger partial charge in [0.15, 0.2) is 0 Å². The molecule has 0 atom stereocenters. The standard InChI is InChI=1S/C13H17N3O2S2/c1-10(2)15-9-12-13(5-8-19-12)20(17,18)16-11-3-6-14-7-4-11/h3-8,10,15H,9H2,1-2H3,(H,14,16). The van der Waals surface area contributed by atoms with Gasteiger partial charge in [0.2, 0.25) is 0 Å². The van der Waals surface area contributed by atoms with E-state index in [0.29, 0.717) is 23.2 Å². The summed E-state index contributed by atoms with van der Waals surface area (Å²) in [5, 5.41) is 5.02. The molecule has 5 nitrogen and oxygen atoms in total. The average molecular weight is 311 g/mol. The highest BCUT2D eigenvalue weighted by Gasteiger charge is 2.19. The first-order chi connectivity index (χ1) is 9.49. The summed E-state index contributed by atoms with van der Waals surface area (Å²) in [7, 11) is -3.56. The van der Waals surface area contributed by atoms with Crippen molar-refractivity contribution in [1.82, 2.24) is 10.3 Å². The number of rotatable bonds is 6. The van der Waals surface area contributed by atoms with Crippen LogP contribution in [0.3, 0.4) is 0 Å². The van der Waals surface area contributed by atoms with Gasteiger partial charge in [0, 0.05) is 29.9 Å². The minimum Gasteiger partial charge on any atom is -0.310 e. The molecule has 0 fully saturated rings. The SMILES string of the molecule is CC(C)NCc1sccc1S(=O)(=O)Nc1ccncc1. The molecular formula is C13H17N3O2S2. The fourth-order valence-corrected chi connectivity index (χ4v) is 4.08. The predicted molar refractivity (Wildman–Crippen MR) is 81.3 cm³/mol. The van der Waals surface area contributed by atoms with E-state index in [1.807, 2.05) is 13.8 Å². The molecule has 2 rings (SSSR count). The minimum absolute atomic E-state index is 0.306. The minimum atomic E-state index is -3.56. The zero-order valence-electron chi connectivity index (χ0n) is 11.3. The summed E-state index contributed by atoms with van der Waals surface area (Å²) < 4.78 is 27.3. The van der Waals surface area contributed by atoms with Crippen LogP contribution in [0.5, 0.6) is 0 Å². The summed E-state index contributed by atoms with van der Waals surface area (Å²) in [6.07, 6.45) is 3.10. The van der Waals surface area contributed by atoms with Crippen LogP contribution in [0, 0.1) is 0 Å². The summed E-state index contributed by atoms with van der Waals surface area (Å²) in [5.41, 5.74) is 0.508. The lowest BCUT2D eigenvalue weighted by Crippen LogP contribution is -2.23. The Bertz CT molecular complexity index is 651. The molecule has 0 amide bonds. The van der Waals surface area contributed by atoms with E-state index in [9.17, 15) is 8.42 Å². The maximum absolute atomic E-state index is 12.4. The third-order valence-electron chi connectivity index (χ3n) is 2.60. The molecule has 2 heterocycles. The Kier molecular flexibility index (Phi) is 4.74. The smallest absolute Gasteiger partial charge is 0.263 e. The van der Waals surface area contributed by atoms with Crippen LogP contribution in [0.25, 0.3) is 0 Å². The number of sulfonamides is 1. The van der Waals surface area contributed by atoms with Crippen LogP contribution in [-0.2, 0) is 16.6 Å². The third-order valence-corrected chi connectivity index (χ3v) is 5.11. The second-order valence-corrected chi connectivity index (χ2v) is 7.24. The van der Waals surface area contributed by atoms with Crippen molar-refractivity contribution in [3.63, 3.8) is 0 Å². The van der Waals surface area contributed by atoms with Gasteiger partial charge in [-0.1, -0.05) is 13.8 Å². The number of hydrogen-bond acceptors (Lipinski definition) is 5. The predicted octanol–water partition coefficient (Wildman–Crippen LogP) is 2.44. The number of aromatic nitrogens is 1. The molecule has 0 aromatic carbocycles. The van der Waals surface area contributed by atoms with Gasteiger partial charge in [0.05, 0.1) is 5.69 Å². The van der Waals surface area contributed by atoms with Crippen LogP contribution in [-0.4, -0.2) is 19.4 Å². The number of nitrogens with zero attached hydrogens (tertiary/aromatic N) is 1. The van der Waals surface area contributed by atoms with E-state index in [4.69, 9.17) is 0 Å². The van der Waals surface area contributed by atoms with Crippen molar-refractivity contribution < 1.29 is 8.42 Å². The first-order valence-corrected chi connectivity index (χ1v) is 8.58. The summed E-state index contributed by atoms with van der Waals surface area (Å²) in [6.45, 7) is 4.59. The Morgan fingerprint density at radius 1 is 1.25 bits per heavy atom. The molecule has 0 unspecified atom stereocenters. The molecule has 2 aromatic rings. The number of thiophene rings is 1. The van der Waals surface area contributed by atoms with Gasteiger partial charge in [-0.2, -0.15) is 0 Å². The zero-order valence-corrected chi connectivity index (χ0v) is 13.0. The monoisotopic (exact) mass is 311 g/mol. The topological polar surface area (TPSA) is 71.1 Å². The number of hydrogen-bond donors (Lipinski definition) is 2. The summed E-state index contributed by atoms with van der Waals surface area (Å²) in [6, 6.07) is 5.18. The van der Waals surface area contributed by atoms with Crippen LogP contribution in [0.1, 0.15) is 18.7 Å². The van der Waals surface area contributed by atoms with E-state index in [1.54, 1.807) is 36.0 Å². The number of anilines is 1. The molecule has 0 radical (unpaired) electrons. The second kappa shape index (κ2) is 6.34. The Morgan fingerprint density at radius 2 is 1.95 bits per heavy atom. The van der Waals surface area contributed by atoms with Gasteiger partial charge >= 0.3 is 0 Å². The van der Waals surface area contributed by atoms with Gasteiger partial charge in [-0.25, -0.2) is 8.42 Å². The van der Waals surface area contributed by atoms with Crippen LogP contribution >= 0.6 is 11.3 Å². The van der Waals surface area contributed by atoms with Crippen LogP contribution < -0.4 is 10.0 Å². The fraction of sp³-hybridized carbons (Fsp3) is 0.308. The third kappa shape index (κ3) is 3.78. The molecule has 0 saturated heterocycles. The van der Waals surface area contributed by atoms with Crippen molar-refractivity contribution in [1.29, 1.82) is 0 Å². The van der Waals surface area contributed by atoms with Gasteiger partial charge in [-0.3, -0.25) is 9.71 Å². The quantitative estimate of drug-likeness (QED) is 0.859. The summed E-state index contributed by atoms with van der Waals surface area (Å²) in [5.74, 6) is 0. The molecule has 0 bridgehead atoms. The largest absolute Gasteiger partial charge is 0.310 e. The maximum Gasteiger partial charge on any atom is 0.263 e. The molecule has 0 saturated carbocycles.